The van der Waals surface area contributed by atoms with Crippen LogP contribution in [0.2, 0.25) is 0 Å². The molecule has 0 saturated heterocycles. The Kier molecular flexibility index (Phi) is 3.21. The van der Waals surface area contributed by atoms with E-state index in [0.717, 1.165) is 18.6 Å². The third-order valence-electron chi connectivity index (χ3n) is 3.50. The van der Waals surface area contributed by atoms with E-state index < -0.39 is 0 Å². The number of benzene rings is 1. The lowest BCUT2D eigenvalue weighted by molar-refractivity contribution is 0.241. The first-order valence-corrected chi connectivity index (χ1v) is 6.49. The van der Waals surface area contributed by atoms with Crippen LogP contribution in [0.3, 0.4) is 0 Å². The zero-order chi connectivity index (χ0) is 13.2. The summed E-state index contributed by atoms with van der Waals surface area (Å²) in [6.07, 6.45) is 2.16. The molecule has 19 heavy (non-hydrogen) atoms. The molecule has 100 valence electrons. The van der Waals surface area contributed by atoms with Crippen molar-refractivity contribution in [1.82, 2.24) is 15.5 Å². The van der Waals surface area contributed by atoms with Gasteiger partial charge in [0.25, 0.3) is 5.89 Å². The van der Waals surface area contributed by atoms with Gasteiger partial charge in [0.1, 0.15) is 5.75 Å². The Morgan fingerprint density at radius 2 is 2.37 bits per heavy atom. The minimum Gasteiger partial charge on any atom is -0.483 e. The number of fused-ring (bicyclic) bond motifs is 1. The van der Waals surface area contributed by atoms with Gasteiger partial charge < -0.3 is 14.6 Å². The van der Waals surface area contributed by atoms with Crippen molar-refractivity contribution < 1.29 is 9.26 Å². The number of ether oxygens (including phenoxy) is 1. The van der Waals surface area contributed by atoms with Crippen LogP contribution in [0.25, 0.3) is 0 Å². The summed E-state index contributed by atoms with van der Waals surface area (Å²) in [5.74, 6) is 2.07. The number of hydrogen-bond acceptors (Lipinski definition) is 5. The standard InChI is InChI=1S/C14H17N3O2/c1-9-16-14(19-17-9)8-18-13-5-3-4-10-11(13)6-7-12(10)15-2/h3-5,12,15H,6-8H2,1-2H3. The predicted octanol–water partition coefficient (Wildman–Crippen LogP) is 2.16. The summed E-state index contributed by atoms with van der Waals surface area (Å²) in [7, 11) is 1.99. The number of rotatable bonds is 4. The Hall–Kier alpha value is -1.88. The van der Waals surface area contributed by atoms with E-state index in [1.165, 1.54) is 11.1 Å². The lowest BCUT2D eigenvalue weighted by atomic mass is 10.1. The molecule has 0 aliphatic heterocycles. The molecule has 0 radical (unpaired) electrons. The van der Waals surface area contributed by atoms with Crippen molar-refractivity contribution in [2.24, 2.45) is 0 Å². The molecule has 1 aromatic heterocycles. The molecule has 1 atom stereocenters. The van der Waals surface area contributed by atoms with E-state index in [1.54, 1.807) is 6.92 Å². The van der Waals surface area contributed by atoms with Gasteiger partial charge in [-0.15, -0.1) is 0 Å². The van der Waals surface area contributed by atoms with Crippen molar-refractivity contribution in [3.8, 4) is 5.75 Å². The number of hydrogen-bond donors (Lipinski definition) is 1. The first kappa shape index (κ1) is 12.2. The van der Waals surface area contributed by atoms with Gasteiger partial charge in [0.05, 0.1) is 0 Å². The van der Waals surface area contributed by atoms with Crippen LogP contribution in [0.4, 0.5) is 0 Å². The molecule has 1 heterocycles. The minimum absolute atomic E-state index is 0.321. The van der Waals surface area contributed by atoms with Gasteiger partial charge in [-0.3, -0.25) is 0 Å². The average molecular weight is 259 g/mol. The highest BCUT2D eigenvalue weighted by molar-refractivity contribution is 5.45. The second-order valence-electron chi connectivity index (χ2n) is 4.73. The Bertz CT molecular complexity index is 580. The minimum atomic E-state index is 0.321. The number of nitrogens with zero attached hydrogens (tertiary/aromatic N) is 2. The molecule has 2 aromatic rings. The normalized spacial score (nSPS) is 17.5. The Morgan fingerprint density at radius 3 is 3.11 bits per heavy atom. The van der Waals surface area contributed by atoms with E-state index in [9.17, 15) is 0 Å². The quantitative estimate of drug-likeness (QED) is 0.911. The summed E-state index contributed by atoms with van der Waals surface area (Å²) in [4.78, 5) is 4.14. The molecule has 5 heteroatoms. The van der Waals surface area contributed by atoms with Gasteiger partial charge in [-0.2, -0.15) is 4.98 Å². The highest BCUT2D eigenvalue weighted by Gasteiger charge is 2.23. The average Bonchev–Trinajstić information content (AvgIpc) is 3.02. The molecule has 1 N–H and O–H groups in total. The maximum Gasteiger partial charge on any atom is 0.264 e. The summed E-state index contributed by atoms with van der Waals surface area (Å²) in [6, 6.07) is 6.63. The topological polar surface area (TPSA) is 60.2 Å². The Labute approximate surface area is 112 Å². The van der Waals surface area contributed by atoms with Gasteiger partial charge in [-0.05, 0) is 44.0 Å². The van der Waals surface area contributed by atoms with Crippen molar-refractivity contribution in [2.75, 3.05) is 7.05 Å². The predicted molar refractivity (Wildman–Crippen MR) is 69.9 cm³/mol. The lowest BCUT2D eigenvalue weighted by Gasteiger charge is -2.12. The SMILES string of the molecule is CNC1CCc2c(OCc3nc(C)no3)cccc21. The second-order valence-corrected chi connectivity index (χ2v) is 4.73. The molecule has 1 aliphatic rings. The van der Waals surface area contributed by atoms with Crippen LogP contribution in [-0.4, -0.2) is 17.2 Å². The van der Waals surface area contributed by atoms with Crippen molar-refractivity contribution in [3.63, 3.8) is 0 Å². The van der Waals surface area contributed by atoms with Crippen molar-refractivity contribution in [3.05, 3.63) is 41.0 Å². The van der Waals surface area contributed by atoms with E-state index in [2.05, 4.69) is 21.5 Å². The summed E-state index contributed by atoms with van der Waals surface area (Å²) in [5.41, 5.74) is 2.62. The molecule has 0 bridgehead atoms. The first-order valence-electron chi connectivity index (χ1n) is 6.49. The van der Waals surface area contributed by atoms with Crippen LogP contribution in [0, 0.1) is 6.92 Å². The summed E-state index contributed by atoms with van der Waals surface area (Å²) in [6.45, 7) is 2.12. The van der Waals surface area contributed by atoms with Gasteiger partial charge in [0.2, 0.25) is 0 Å². The molecular weight excluding hydrogens is 242 g/mol. The maximum absolute atomic E-state index is 5.82. The van der Waals surface area contributed by atoms with Crippen molar-refractivity contribution in [1.29, 1.82) is 0 Å². The van der Waals surface area contributed by atoms with Gasteiger partial charge in [0, 0.05) is 6.04 Å². The molecular formula is C14H17N3O2. The van der Waals surface area contributed by atoms with E-state index in [0.29, 0.717) is 24.4 Å². The molecule has 3 rings (SSSR count). The molecule has 0 spiro atoms. The number of nitrogens with one attached hydrogen (secondary N) is 1. The van der Waals surface area contributed by atoms with Gasteiger partial charge in [-0.1, -0.05) is 17.3 Å². The monoisotopic (exact) mass is 259 g/mol. The number of aryl methyl sites for hydroxylation is 1. The van der Waals surface area contributed by atoms with E-state index in [4.69, 9.17) is 9.26 Å². The fourth-order valence-electron chi connectivity index (χ4n) is 2.59. The fourth-order valence-corrected chi connectivity index (χ4v) is 2.59. The van der Waals surface area contributed by atoms with Crippen LogP contribution in [0.1, 0.15) is 35.3 Å². The zero-order valence-corrected chi connectivity index (χ0v) is 11.1. The second kappa shape index (κ2) is 5.01. The molecule has 1 aliphatic carbocycles. The van der Waals surface area contributed by atoms with Crippen LogP contribution in [0.15, 0.2) is 22.7 Å². The molecule has 5 nitrogen and oxygen atoms in total. The van der Waals surface area contributed by atoms with E-state index >= 15 is 0 Å². The highest BCUT2D eigenvalue weighted by atomic mass is 16.5. The largest absolute Gasteiger partial charge is 0.483 e. The highest BCUT2D eigenvalue weighted by Crippen LogP contribution is 2.36. The summed E-state index contributed by atoms with van der Waals surface area (Å²) in [5, 5.41) is 7.08. The third kappa shape index (κ3) is 2.33. The Morgan fingerprint density at radius 1 is 1.47 bits per heavy atom. The summed E-state index contributed by atoms with van der Waals surface area (Å²) >= 11 is 0. The molecule has 0 amide bonds. The molecule has 1 unspecified atom stereocenters. The van der Waals surface area contributed by atoms with Crippen LogP contribution in [-0.2, 0) is 13.0 Å². The van der Waals surface area contributed by atoms with Gasteiger partial charge in [-0.25, -0.2) is 0 Å². The van der Waals surface area contributed by atoms with Crippen LogP contribution in [0.5, 0.6) is 5.75 Å². The van der Waals surface area contributed by atoms with Crippen LogP contribution < -0.4 is 10.1 Å². The summed E-state index contributed by atoms with van der Waals surface area (Å²) < 4.78 is 10.9. The smallest absolute Gasteiger partial charge is 0.264 e. The van der Waals surface area contributed by atoms with Crippen LogP contribution >= 0.6 is 0 Å². The number of aromatic nitrogens is 2. The fraction of sp³-hybridized carbons (Fsp3) is 0.429. The lowest BCUT2D eigenvalue weighted by Crippen LogP contribution is -2.12. The molecule has 0 saturated carbocycles. The molecule has 0 fully saturated rings. The zero-order valence-electron chi connectivity index (χ0n) is 11.1. The van der Waals surface area contributed by atoms with Gasteiger partial charge in [0.15, 0.2) is 12.4 Å². The Balaban J connectivity index is 1.77. The first-order chi connectivity index (χ1) is 9.28. The molecule has 1 aromatic carbocycles. The maximum atomic E-state index is 5.82. The third-order valence-corrected chi connectivity index (χ3v) is 3.50. The van der Waals surface area contributed by atoms with Gasteiger partial charge >= 0.3 is 0 Å². The van der Waals surface area contributed by atoms with E-state index in [-0.39, 0.29) is 0 Å². The van der Waals surface area contributed by atoms with E-state index in [1.807, 2.05) is 19.2 Å². The van der Waals surface area contributed by atoms with Crippen molar-refractivity contribution in [2.45, 2.75) is 32.4 Å². The van der Waals surface area contributed by atoms with Crippen molar-refractivity contribution >= 4 is 0 Å².